The van der Waals surface area contributed by atoms with Crippen LogP contribution in [0.5, 0.6) is 0 Å². The summed E-state index contributed by atoms with van der Waals surface area (Å²) in [6.07, 6.45) is 0.762. The van der Waals surface area contributed by atoms with Crippen molar-refractivity contribution in [3.63, 3.8) is 0 Å². The average Bonchev–Trinajstić information content (AvgIpc) is 3.53. The molecule has 1 amide bonds. The van der Waals surface area contributed by atoms with E-state index >= 15 is 0 Å². The molecule has 5 heterocycles. The lowest BCUT2D eigenvalue weighted by Crippen LogP contribution is -2.59. The molecule has 2 saturated heterocycles. The van der Waals surface area contributed by atoms with E-state index in [1.165, 1.54) is 0 Å². The highest BCUT2D eigenvalue weighted by Gasteiger charge is 2.35. The minimum atomic E-state index is -0.653. The molecule has 0 aliphatic carbocycles. The van der Waals surface area contributed by atoms with Crippen molar-refractivity contribution in [3.05, 3.63) is 41.9 Å². The molecule has 3 aromatic heterocycles. The topological polar surface area (TPSA) is 119 Å². The number of imidazole rings is 1. The number of hydrogen-bond donors (Lipinski definition) is 1. The molecule has 1 aromatic carbocycles. The van der Waals surface area contributed by atoms with E-state index in [1.54, 1.807) is 0 Å². The van der Waals surface area contributed by atoms with Crippen LogP contribution < -0.4 is 10.6 Å². The first-order valence-corrected chi connectivity index (χ1v) is 13.7. The molecule has 2 fully saturated rings. The van der Waals surface area contributed by atoms with Gasteiger partial charge in [-0.25, -0.2) is 9.97 Å². The molecule has 0 saturated carbocycles. The lowest BCUT2D eigenvalue weighted by Gasteiger charge is -2.42. The van der Waals surface area contributed by atoms with Gasteiger partial charge in [-0.15, -0.1) is 0 Å². The number of piperazine rings is 1. The molecule has 39 heavy (non-hydrogen) atoms. The number of morpholine rings is 1. The number of anilines is 1. The molecule has 206 valence electrons. The van der Waals surface area contributed by atoms with Gasteiger partial charge >= 0.3 is 0 Å². The van der Waals surface area contributed by atoms with Crippen molar-refractivity contribution in [3.8, 4) is 5.95 Å². The van der Waals surface area contributed by atoms with Crippen molar-refractivity contribution in [2.24, 2.45) is 5.73 Å². The van der Waals surface area contributed by atoms with Gasteiger partial charge in [-0.05, 0) is 26.0 Å². The molecule has 0 radical (unpaired) electrons. The quantitative estimate of drug-likeness (QED) is 0.383. The van der Waals surface area contributed by atoms with E-state index in [0.29, 0.717) is 31.3 Å². The summed E-state index contributed by atoms with van der Waals surface area (Å²) in [5.41, 5.74) is 8.38. The SMILES string of the molecule is CCc1nc2ccccc2n1-c1nc(N2CCOCC2)c2oc(CN3CCN(C(C)(C)C(N)=O)CC3)cc2n1. The third-order valence-electron chi connectivity index (χ3n) is 8.00. The molecular formula is C28H36N8O3. The van der Waals surface area contributed by atoms with Gasteiger partial charge in [-0.2, -0.15) is 4.98 Å². The van der Waals surface area contributed by atoms with Crippen LogP contribution in [0, 0.1) is 0 Å². The molecule has 2 N–H and O–H groups in total. The van der Waals surface area contributed by atoms with Crippen LogP contribution >= 0.6 is 0 Å². The van der Waals surface area contributed by atoms with Gasteiger partial charge in [-0.3, -0.25) is 19.2 Å². The number of carbonyl (C=O) groups excluding carboxylic acids is 1. The predicted octanol–water partition coefficient (Wildman–Crippen LogP) is 2.34. The first kappa shape index (κ1) is 25.7. The van der Waals surface area contributed by atoms with E-state index in [-0.39, 0.29) is 5.91 Å². The van der Waals surface area contributed by atoms with E-state index in [4.69, 9.17) is 29.8 Å². The monoisotopic (exact) mass is 532 g/mol. The van der Waals surface area contributed by atoms with Gasteiger partial charge < -0.3 is 19.8 Å². The smallest absolute Gasteiger partial charge is 0.238 e. The van der Waals surface area contributed by atoms with E-state index in [1.807, 2.05) is 38.1 Å². The molecule has 0 unspecified atom stereocenters. The Morgan fingerprint density at radius 3 is 2.46 bits per heavy atom. The molecular weight excluding hydrogens is 496 g/mol. The number of benzene rings is 1. The summed E-state index contributed by atoms with van der Waals surface area (Å²) in [6.45, 7) is 12.5. The summed E-state index contributed by atoms with van der Waals surface area (Å²) >= 11 is 0. The molecule has 11 heteroatoms. The summed E-state index contributed by atoms with van der Waals surface area (Å²) < 4.78 is 14.1. The third-order valence-corrected chi connectivity index (χ3v) is 8.00. The van der Waals surface area contributed by atoms with E-state index in [0.717, 1.165) is 79.6 Å². The minimum absolute atomic E-state index is 0.296. The lowest BCUT2D eigenvalue weighted by molar-refractivity contribution is -0.129. The first-order valence-electron chi connectivity index (χ1n) is 13.7. The van der Waals surface area contributed by atoms with Crippen molar-refractivity contribution < 1.29 is 13.9 Å². The fraction of sp³-hybridized carbons (Fsp3) is 0.500. The number of rotatable bonds is 7. The maximum atomic E-state index is 11.9. The minimum Gasteiger partial charge on any atom is -0.454 e. The Kier molecular flexibility index (Phi) is 6.74. The largest absolute Gasteiger partial charge is 0.454 e. The van der Waals surface area contributed by atoms with Gasteiger partial charge in [0, 0.05) is 51.8 Å². The van der Waals surface area contributed by atoms with Crippen LogP contribution in [-0.4, -0.2) is 93.2 Å². The standard InChI is InChI=1S/C28H36N8O3/c1-4-23-30-20-7-5-6-8-22(20)36(23)27-31-21-17-19(39-24(21)25(32-27)34-13-15-38-16-14-34)18-33-9-11-35(12-10-33)28(2,3)26(29)37/h5-8,17H,4,9-16,18H2,1-3H3,(H2,29,37). The van der Waals surface area contributed by atoms with E-state index in [9.17, 15) is 4.79 Å². The van der Waals surface area contributed by atoms with E-state index < -0.39 is 5.54 Å². The van der Waals surface area contributed by atoms with Gasteiger partial charge in [0.25, 0.3) is 0 Å². The number of hydrogen-bond acceptors (Lipinski definition) is 9. The predicted molar refractivity (Wildman–Crippen MR) is 149 cm³/mol. The fourth-order valence-electron chi connectivity index (χ4n) is 5.50. The number of nitrogens with zero attached hydrogens (tertiary/aromatic N) is 7. The fourth-order valence-corrected chi connectivity index (χ4v) is 5.50. The first-order chi connectivity index (χ1) is 18.8. The van der Waals surface area contributed by atoms with Gasteiger partial charge in [0.2, 0.25) is 11.9 Å². The lowest BCUT2D eigenvalue weighted by atomic mass is 10.0. The number of para-hydroxylation sites is 2. The van der Waals surface area contributed by atoms with Crippen LogP contribution in [-0.2, 0) is 22.5 Å². The number of ether oxygens (including phenoxy) is 1. The summed E-state index contributed by atoms with van der Waals surface area (Å²) in [4.78, 5) is 33.5. The molecule has 2 aliphatic heterocycles. The van der Waals surface area contributed by atoms with Gasteiger partial charge in [0.1, 0.15) is 17.1 Å². The van der Waals surface area contributed by atoms with Crippen LogP contribution in [0.25, 0.3) is 28.1 Å². The van der Waals surface area contributed by atoms with Crippen molar-refractivity contribution in [1.29, 1.82) is 0 Å². The number of furan rings is 1. The van der Waals surface area contributed by atoms with Crippen molar-refractivity contribution in [1.82, 2.24) is 29.3 Å². The molecule has 4 aromatic rings. The molecule has 6 rings (SSSR count). The Morgan fingerprint density at radius 1 is 1.00 bits per heavy atom. The Morgan fingerprint density at radius 2 is 1.74 bits per heavy atom. The van der Waals surface area contributed by atoms with Crippen molar-refractivity contribution >= 4 is 33.9 Å². The van der Waals surface area contributed by atoms with Crippen LogP contribution in [0.3, 0.4) is 0 Å². The maximum Gasteiger partial charge on any atom is 0.238 e. The van der Waals surface area contributed by atoms with Gasteiger partial charge in [0.05, 0.1) is 36.3 Å². The maximum absolute atomic E-state index is 11.9. The number of carbonyl (C=O) groups is 1. The highest BCUT2D eigenvalue weighted by molar-refractivity contribution is 5.86. The second-order valence-corrected chi connectivity index (χ2v) is 10.8. The highest BCUT2D eigenvalue weighted by Crippen LogP contribution is 2.31. The third kappa shape index (κ3) is 4.75. The highest BCUT2D eigenvalue weighted by atomic mass is 16.5. The van der Waals surface area contributed by atoms with Crippen LogP contribution in [0.15, 0.2) is 34.7 Å². The number of aryl methyl sites for hydroxylation is 1. The second kappa shape index (κ2) is 10.2. The summed E-state index contributed by atoms with van der Waals surface area (Å²) in [6, 6.07) is 10.1. The Balaban J connectivity index is 1.34. The van der Waals surface area contributed by atoms with Crippen LogP contribution in [0.1, 0.15) is 32.4 Å². The number of nitrogens with two attached hydrogens (primary N) is 1. The number of aromatic nitrogens is 4. The number of primary amides is 1. The molecule has 2 aliphatic rings. The number of fused-ring (bicyclic) bond motifs is 2. The molecule has 0 spiro atoms. The van der Waals surface area contributed by atoms with Crippen LogP contribution in [0.4, 0.5) is 5.82 Å². The summed E-state index contributed by atoms with van der Waals surface area (Å²) in [5.74, 6) is 2.86. The summed E-state index contributed by atoms with van der Waals surface area (Å²) in [5, 5.41) is 0. The molecule has 0 bridgehead atoms. The molecule has 0 atom stereocenters. The Hall–Kier alpha value is -3.54. The van der Waals surface area contributed by atoms with Gasteiger partial charge in [0.15, 0.2) is 11.4 Å². The number of amides is 1. The zero-order chi connectivity index (χ0) is 27.1. The zero-order valence-corrected chi connectivity index (χ0v) is 22.9. The average molecular weight is 533 g/mol. The van der Waals surface area contributed by atoms with E-state index in [2.05, 4.69) is 32.3 Å². The Bertz CT molecular complexity index is 1500. The summed E-state index contributed by atoms with van der Waals surface area (Å²) in [7, 11) is 0. The van der Waals surface area contributed by atoms with Crippen LogP contribution in [0.2, 0.25) is 0 Å². The normalized spacial score (nSPS) is 17.9. The van der Waals surface area contributed by atoms with Crippen molar-refractivity contribution in [2.75, 3.05) is 57.4 Å². The Labute approximate surface area is 227 Å². The molecule has 11 nitrogen and oxygen atoms in total. The van der Waals surface area contributed by atoms with Crippen molar-refractivity contribution in [2.45, 2.75) is 39.3 Å². The zero-order valence-electron chi connectivity index (χ0n) is 22.9. The second-order valence-electron chi connectivity index (χ2n) is 10.8. The van der Waals surface area contributed by atoms with Gasteiger partial charge in [-0.1, -0.05) is 19.1 Å².